The van der Waals surface area contributed by atoms with Gasteiger partial charge in [-0.15, -0.1) is 0 Å². The smallest absolute Gasteiger partial charge is 0.143 e. The van der Waals surface area contributed by atoms with Gasteiger partial charge in [0.05, 0.1) is 19.8 Å². The minimum Gasteiger partial charge on any atom is -0.375 e. The molecule has 0 aromatic heterocycles. The second kappa shape index (κ2) is 5.99. The first-order valence-corrected chi connectivity index (χ1v) is 6.84. The normalized spacial score (nSPS) is 32.1. The summed E-state index contributed by atoms with van der Waals surface area (Å²) in [4.78, 5) is 0. The maximum Gasteiger partial charge on any atom is 0.143 e. The fourth-order valence-electron chi connectivity index (χ4n) is 2.78. The van der Waals surface area contributed by atoms with E-state index in [1.165, 1.54) is 38.5 Å². The molecule has 0 spiro atoms. The van der Waals surface area contributed by atoms with Crippen LogP contribution in [0.15, 0.2) is 0 Å². The Bertz CT molecular complexity index is 196. The van der Waals surface area contributed by atoms with Gasteiger partial charge in [-0.25, -0.2) is 0 Å². The molecule has 94 valence electrons. The minimum atomic E-state index is -0.177. The molecule has 1 saturated heterocycles. The van der Waals surface area contributed by atoms with Crippen LogP contribution in [0.25, 0.3) is 0 Å². The van der Waals surface area contributed by atoms with E-state index in [1.807, 2.05) is 0 Å². The topological polar surface area (TPSA) is 30.5 Å². The predicted octanol–water partition coefficient (Wildman–Crippen LogP) is 2.45. The highest BCUT2D eigenvalue weighted by molar-refractivity contribution is 4.86. The van der Waals surface area contributed by atoms with E-state index in [2.05, 4.69) is 12.2 Å². The van der Waals surface area contributed by atoms with Crippen LogP contribution in [0, 0.1) is 0 Å². The van der Waals surface area contributed by atoms with Gasteiger partial charge in [-0.2, -0.15) is 0 Å². The van der Waals surface area contributed by atoms with E-state index in [-0.39, 0.29) is 5.72 Å². The number of unbranched alkanes of at least 4 members (excludes halogenated alkanes) is 1. The molecular weight excluding hydrogens is 202 g/mol. The molecule has 1 atom stereocenters. The summed E-state index contributed by atoms with van der Waals surface area (Å²) in [5.74, 6) is 0. The van der Waals surface area contributed by atoms with Crippen molar-refractivity contribution in [2.75, 3.05) is 19.8 Å². The fraction of sp³-hybridized carbons (Fsp3) is 1.00. The average Bonchev–Trinajstić information content (AvgIpc) is 2.80. The van der Waals surface area contributed by atoms with Crippen LogP contribution in [-0.4, -0.2) is 31.6 Å². The third-order valence-corrected chi connectivity index (χ3v) is 3.70. The van der Waals surface area contributed by atoms with Gasteiger partial charge in [-0.05, 0) is 25.7 Å². The van der Waals surface area contributed by atoms with Gasteiger partial charge < -0.3 is 9.47 Å². The summed E-state index contributed by atoms with van der Waals surface area (Å²) in [5, 5.41) is 3.72. The lowest BCUT2D eigenvalue weighted by Gasteiger charge is -2.40. The van der Waals surface area contributed by atoms with Crippen LogP contribution < -0.4 is 5.32 Å². The lowest BCUT2D eigenvalue weighted by atomic mass is 10.0. The van der Waals surface area contributed by atoms with Gasteiger partial charge in [0.15, 0.2) is 0 Å². The highest BCUT2D eigenvalue weighted by atomic mass is 16.6. The van der Waals surface area contributed by atoms with Crippen LogP contribution in [0.1, 0.15) is 51.9 Å². The molecule has 0 radical (unpaired) electrons. The molecule has 1 saturated carbocycles. The number of nitrogens with one attached hydrogen (secondary N) is 1. The monoisotopic (exact) mass is 227 g/mol. The van der Waals surface area contributed by atoms with Crippen molar-refractivity contribution in [2.24, 2.45) is 0 Å². The van der Waals surface area contributed by atoms with Crippen LogP contribution in [-0.2, 0) is 9.47 Å². The van der Waals surface area contributed by atoms with Crippen LogP contribution in [0.4, 0.5) is 0 Å². The third kappa shape index (κ3) is 3.19. The molecule has 2 fully saturated rings. The van der Waals surface area contributed by atoms with Crippen molar-refractivity contribution in [2.45, 2.75) is 63.6 Å². The van der Waals surface area contributed by atoms with Crippen molar-refractivity contribution >= 4 is 0 Å². The lowest BCUT2D eigenvalue weighted by molar-refractivity contribution is -0.181. The molecule has 0 bridgehead atoms. The van der Waals surface area contributed by atoms with Gasteiger partial charge in [-0.1, -0.05) is 26.2 Å². The lowest BCUT2D eigenvalue weighted by Crippen LogP contribution is -2.57. The van der Waals surface area contributed by atoms with Gasteiger partial charge >= 0.3 is 0 Å². The van der Waals surface area contributed by atoms with E-state index in [4.69, 9.17) is 9.47 Å². The summed E-state index contributed by atoms with van der Waals surface area (Å²) in [7, 11) is 0. The fourth-order valence-corrected chi connectivity index (χ4v) is 2.78. The van der Waals surface area contributed by atoms with Gasteiger partial charge in [0.2, 0.25) is 0 Å². The summed E-state index contributed by atoms with van der Waals surface area (Å²) in [6.45, 7) is 4.44. The first kappa shape index (κ1) is 12.3. The number of rotatable bonds is 5. The predicted molar refractivity (Wildman–Crippen MR) is 64.4 cm³/mol. The summed E-state index contributed by atoms with van der Waals surface area (Å²) in [5.41, 5.74) is -0.177. The molecule has 16 heavy (non-hydrogen) atoms. The molecule has 1 aliphatic carbocycles. The largest absolute Gasteiger partial charge is 0.375 e. The van der Waals surface area contributed by atoms with Crippen molar-refractivity contribution in [3.05, 3.63) is 0 Å². The zero-order chi connectivity index (χ0) is 11.3. The van der Waals surface area contributed by atoms with E-state index >= 15 is 0 Å². The Morgan fingerprint density at radius 1 is 1.25 bits per heavy atom. The number of ether oxygens (including phenoxy) is 2. The summed E-state index contributed by atoms with van der Waals surface area (Å²) < 4.78 is 11.6. The van der Waals surface area contributed by atoms with Crippen LogP contribution in [0.5, 0.6) is 0 Å². The van der Waals surface area contributed by atoms with Gasteiger partial charge in [0, 0.05) is 6.04 Å². The average molecular weight is 227 g/mol. The van der Waals surface area contributed by atoms with Crippen molar-refractivity contribution in [3.8, 4) is 0 Å². The van der Waals surface area contributed by atoms with E-state index in [1.54, 1.807) is 0 Å². The summed E-state index contributed by atoms with van der Waals surface area (Å²) >= 11 is 0. The highest BCUT2D eigenvalue weighted by Gasteiger charge is 2.36. The van der Waals surface area contributed by atoms with Crippen molar-refractivity contribution in [1.82, 2.24) is 5.32 Å². The van der Waals surface area contributed by atoms with Crippen molar-refractivity contribution < 1.29 is 9.47 Å². The molecule has 3 nitrogen and oxygen atoms in total. The molecule has 1 N–H and O–H groups in total. The number of hydrogen-bond donors (Lipinski definition) is 1. The molecule has 3 heteroatoms. The summed E-state index contributed by atoms with van der Waals surface area (Å²) in [6.07, 6.45) is 8.85. The maximum absolute atomic E-state index is 5.99. The Kier molecular flexibility index (Phi) is 4.62. The first-order valence-electron chi connectivity index (χ1n) is 6.84. The Morgan fingerprint density at radius 2 is 2.06 bits per heavy atom. The molecule has 1 heterocycles. The van der Waals surface area contributed by atoms with Gasteiger partial charge in [0.25, 0.3) is 0 Å². The first-order chi connectivity index (χ1) is 7.85. The molecule has 0 amide bonds. The maximum atomic E-state index is 5.99. The molecule has 2 aliphatic rings. The van der Waals surface area contributed by atoms with E-state index in [0.717, 1.165) is 26.2 Å². The van der Waals surface area contributed by atoms with Crippen LogP contribution in [0.3, 0.4) is 0 Å². The third-order valence-electron chi connectivity index (χ3n) is 3.70. The van der Waals surface area contributed by atoms with E-state index in [9.17, 15) is 0 Å². The SMILES string of the molecule is CCCCC1(NC2CCCC2)COCCO1. The minimum absolute atomic E-state index is 0.177. The molecule has 2 rings (SSSR count). The zero-order valence-electron chi connectivity index (χ0n) is 10.5. The Labute approximate surface area is 98.9 Å². The molecule has 1 unspecified atom stereocenters. The van der Waals surface area contributed by atoms with Gasteiger partial charge in [-0.3, -0.25) is 5.32 Å². The molecular formula is C13H25NO2. The summed E-state index contributed by atoms with van der Waals surface area (Å²) in [6, 6.07) is 0.651. The van der Waals surface area contributed by atoms with Crippen molar-refractivity contribution in [1.29, 1.82) is 0 Å². The Balaban J connectivity index is 1.89. The second-order valence-corrected chi connectivity index (χ2v) is 5.12. The van der Waals surface area contributed by atoms with Gasteiger partial charge in [0.1, 0.15) is 5.72 Å². The van der Waals surface area contributed by atoms with Crippen LogP contribution >= 0.6 is 0 Å². The highest BCUT2D eigenvalue weighted by Crippen LogP contribution is 2.26. The van der Waals surface area contributed by atoms with Crippen LogP contribution in [0.2, 0.25) is 0 Å². The standard InChI is InChI=1S/C13H25NO2/c1-2-3-8-13(11-15-9-10-16-13)14-12-6-4-5-7-12/h12,14H,2-11H2,1H3. The quantitative estimate of drug-likeness (QED) is 0.782. The Hall–Kier alpha value is -0.120. The molecule has 0 aromatic carbocycles. The van der Waals surface area contributed by atoms with E-state index in [0.29, 0.717) is 6.04 Å². The number of hydrogen-bond acceptors (Lipinski definition) is 3. The van der Waals surface area contributed by atoms with Crippen molar-refractivity contribution in [3.63, 3.8) is 0 Å². The Morgan fingerprint density at radius 3 is 2.69 bits per heavy atom. The molecule has 1 aliphatic heterocycles. The molecule has 0 aromatic rings. The second-order valence-electron chi connectivity index (χ2n) is 5.12. The van der Waals surface area contributed by atoms with E-state index < -0.39 is 0 Å². The zero-order valence-corrected chi connectivity index (χ0v) is 10.5.